The van der Waals surface area contributed by atoms with E-state index in [1.807, 2.05) is 0 Å². The van der Waals surface area contributed by atoms with Gasteiger partial charge in [0.2, 0.25) is 12.1 Å². The minimum absolute atomic E-state index is 0.0542. The van der Waals surface area contributed by atoms with Crippen molar-refractivity contribution >= 4 is 23.8 Å². The second kappa shape index (κ2) is 12.2. The first-order valence-corrected chi connectivity index (χ1v) is 12.6. The number of fused-ring (bicyclic) bond motifs is 2. The van der Waals surface area contributed by atoms with Gasteiger partial charge in [0.15, 0.2) is 11.7 Å². The van der Waals surface area contributed by atoms with Gasteiger partial charge in [-0.15, -0.1) is 0 Å². The van der Waals surface area contributed by atoms with Crippen molar-refractivity contribution in [3.8, 4) is 17.2 Å². The number of phenolic OH excluding ortho intramolecular Hbond substituents is 1. The fourth-order valence-corrected chi connectivity index (χ4v) is 4.84. The number of guanidine groups is 1. The number of ether oxygens (including phenoxy) is 3. The Balaban J connectivity index is 1.84. The second-order valence-corrected chi connectivity index (χ2v) is 9.47. The van der Waals surface area contributed by atoms with Crippen LogP contribution >= 0.6 is 0 Å². The molecular formula is C27H31N3O11. The number of benzene rings is 2. The highest BCUT2D eigenvalue weighted by molar-refractivity contribution is 6.30. The van der Waals surface area contributed by atoms with E-state index in [4.69, 9.17) is 19.9 Å². The van der Waals surface area contributed by atoms with Crippen LogP contribution in [0.2, 0.25) is 0 Å². The first kappa shape index (κ1) is 29.9. The summed E-state index contributed by atoms with van der Waals surface area (Å²) in [4.78, 5) is 42.6. The van der Waals surface area contributed by atoms with E-state index in [-0.39, 0.29) is 64.7 Å². The molecule has 5 atom stereocenters. The number of aliphatic hydroxyl groups excluding tert-OH is 4. The maximum absolute atomic E-state index is 13.9. The number of carbonyl (C=O) groups excluding carboxylic acids is 3. The monoisotopic (exact) mass is 573 g/mol. The van der Waals surface area contributed by atoms with E-state index >= 15 is 0 Å². The Labute approximate surface area is 234 Å². The number of aliphatic imine (C=N–C) groups is 1. The van der Waals surface area contributed by atoms with Crippen molar-refractivity contribution in [3.63, 3.8) is 0 Å². The summed E-state index contributed by atoms with van der Waals surface area (Å²) in [6.07, 6.45) is -7.21. The van der Waals surface area contributed by atoms with E-state index in [1.165, 1.54) is 32.4 Å². The molecule has 0 amide bonds. The number of aliphatic hydroxyl groups is 4. The molecule has 220 valence electrons. The molecule has 2 aromatic rings. The van der Waals surface area contributed by atoms with Gasteiger partial charge in [0.05, 0.1) is 24.8 Å². The summed E-state index contributed by atoms with van der Waals surface area (Å²) >= 11 is 0. The molecule has 1 saturated heterocycles. The third-order valence-electron chi connectivity index (χ3n) is 7.06. The molecule has 0 aromatic heterocycles. The van der Waals surface area contributed by atoms with Crippen LogP contribution in [0.4, 0.5) is 0 Å². The second-order valence-electron chi connectivity index (χ2n) is 9.47. The van der Waals surface area contributed by atoms with Crippen molar-refractivity contribution in [2.24, 2.45) is 10.7 Å². The van der Waals surface area contributed by atoms with E-state index in [9.17, 15) is 39.9 Å². The lowest BCUT2D eigenvalue weighted by Crippen LogP contribution is -2.60. The predicted octanol–water partition coefficient (Wildman–Crippen LogP) is -1.48. The molecule has 1 aliphatic carbocycles. The number of hydrogen-bond donors (Lipinski definition) is 7. The number of carbonyl (C=O) groups is 3. The van der Waals surface area contributed by atoms with Crippen LogP contribution in [-0.2, 0) is 22.5 Å². The van der Waals surface area contributed by atoms with Gasteiger partial charge in [-0.05, 0) is 24.1 Å². The van der Waals surface area contributed by atoms with Crippen LogP contribution in [0, 0.1) is 0 Å². The van der Waals surface area contributed by atoms with Crippen molar-refractivity contribution in [1.29, 1.82) is 0 Å². The van der Waals surface area contributed by atoms with Crippen LogP contribution in [0.25, 0.3) is 0 Å². The fraction of sp³-hybridized carbons (Fsp3) is 0.407. The molecule has 8 N–H and O–H groups in total. The summed E-state index contributed by atoms with van der Waals surface area (Å²) in [7, 11) is 2.77. The van der Waals surface area contributed by atoms with Crippen LogP contribution in [0.5, 0.6) is 17.2 Å². The molecule has 0 bridgehead atoms. The number of nitrogens with two attached hydrogens (primary N) is 1. The van der Waals surface area contributed by atoms with E-state index in [0.29, 0.717) is 11.8 Å². The van der Waals surface area contributed by atoms with Gasteiger partial charge in [0.25, 0.3) is 0 Å². The van der Waals surface area contributed by atoms with Gasteiger partial charge in [-0.1, -0.05) is 0 Å². The molecule has 1 fully saturated rings. The average molecular weight is 574 g/mol. The smallest absolute Gasteiger partial charge is 0.229 e. The Morgan fingerprint density at radius 1 is 1.10 bits per heavy atom. The Morgan fingerprint density at radius 3 is 2.44 bits per heavy atom. The van der Waals surface area contributed by atoms with Gasteiger partial charge in [-0.25, -0.2) is 0 Å². The lowest BCUT2D eigenvalue weighted by molar-refractivity contribution is -0.277. The summed E-state index contributed by atoms with van der Waals surface area (Å²) < 4.78 is 16.5. The highest BCUT2D eigenvalue weighted by Crippen LogP contribution is 2.42. The number of ketones is 2. The third kappa shape index (κ3) is 5.47. The number of rotatable bonds is 9. The summed E-state index contributed by atoms with van der Waals surface area (Å²) in [5, 5.41) is 54.4. The molecule has 0 saturated carbocycles. The van der Waals surface area contributed by atoms with Crippen LogP contribution < -0.4 is 20.5 Å². The van der Waals surface area contributed by atoms with Gasteiger partial charge < -0.3 is 55.6 Å². The zero-order valence-corrected chi connectivity index (χ0v) is 22.2. The Hall–Kier alpha value is -4.08. The normalized spacial score (nSPS) is 24.0. The average Bonchev–Trinajstić information content (AvgIpc) is 2.97. The summed E-state index contributed by atoms with van der Waals surface area (Å²) in [6, 6.07) is 4.01. The summed E-state index contributed by atoms with van der Waals surface area (Å²) in [5.74, 6) is -2.07. The van der Waals surface area contributed by atoms with Gasteiger partial charge in [0, 0.05) is 42.8 Å². The zero-order chi connectivity index (χ0) is 30.0. The number of nitrogens with zero attached hydrogens (tertiary/aromatic N) is 1. The summed E-state index contributed by atoms with van der Waals surface area (Å²) in [5.41, 5.74) is 5.58. The Kier molecular flexibility index (Phi) is 8.89. The van der Waals surface area contributed by atoms with Crippen molar-refractivity contribution in [1.82, 2.24) is 5.32 Å². The molecule has 1 aliphatic heterocycles. The highest BCUT2D eigenvalue weighted by Gasteiger charge is 2.46. The zero-order valence-electron chi connectivity index (χ0n) is 22.2. The first-order valence-electron chi connectivity index (χ1n) is 12.6. The number of hydrogen-bond acceptors (Lipinski definition) is 12. The third-order valence-corrected chi connectivity index (χ3v) is 7.06. The highest BCUT2D eigenvalue weighted by atomic mass is 16.7. The van der Waals surface area contributed by atoms with Crippen molar-refractivity contribution in [3.05, 3.63) is 51.6 Å². The SMILES string of the molecule is CN=C(N)NCc1c(CCC=O)cc2c(c1O)C(=O)c1c(O[C@H]3O[C@H](CO)[C@@H](O)[C@H](O)[C@H]3O)cc(OC)cc1C2=O. The van der Waals surface area contributed by atoms with E-state index < -0.39 is 54.6 Å². The van der Waals surface area contributed by atoms with Gasteiger partial charge >= 0.3 is 0 Å². The van der Waals surface area contributed by atoms with Crippen molar-refractivity contribution in [2.75, 3.05) is 20.8 Å². The maximum atomic E-state index is 13.9. The molecule has 0 unspecified atom stereocenters. The number of nitrogens with one attached hydrogen (secondary N) is 1. The predicted molar refractivity (Wildman–Crippen MR) is 141 cm³/mol. The molecular weight excluding hydrogens is 542 g/mol. The number of phenols is 1. The van der Waals surface area contributed by atoms with Crippen LogP contribution in [0.1, 0.15) is 49.4 Å². The van der Waals surface area contributed by atoms with Gasteiger partial charge in [-0.3, -0.25) is 14.6 Å². The topological polar surface area (TPSA) is 230 Å². The lowest BCUT2D eigenvalue weighted by Gasteiger charge is -2.39. The molecule has 14 heteroatoms. The molecule has 1 heterocycles. The fourth-order valence-electron chi connectivity index (χ4n) is 4.84. The van der Waals surface area contributed by atoms with Crippen LogP contribution in [0.15, 0.2) is 23.2 Å². The first-order chi connectivity index (χ1) is 19.6. The standard InChI is InChI=1S/C27H31N3O11/c1-29-27(28)30-9-15-11(4-3-5-31)6-13-19(21(15)34)23(36)18-14(20(13)33)7-12(39-2)8-16(18)40-26-25(38)24(37)22(35)17(10-32)41-26/h5-8,17,22,24-26,32,34-35,37-38H,3-4,9-10H2,1-2H3,(H3,28,29,30)/t17-,22-,24+,25-,26+/m1/s1. The van der Waals surface area contributed by atoms with Crippen molar-refractivity contribution < 1.29 is 54.1 Å². The lowest BCUT2D eigenvalue weighted by atomic mass is 9.80. The van der Waals surface area contributed by atoms with Gasteiger partial charge in [-0.2, -0.15) is 0 Å². The number of methoxy groups -OCH3 is 1. The molecule has 0 radical (unpaired) electrons. The molecule has 14 nitrogen and oxygen atoms in total. The Bertz CT molecular complexity index is 1390. The van der Waals surface area contributed by atoms with Crippen molar-refractivity contribution in [2.45, 2.75) is 50.1 Å². The van der Waals surface area contributed by atoms with Gasteiger partial charge in [0.1, 0.15) is 48.0 Å². The summed E-state index contributed by atoms with van der Waals surface area (Å²) in [6.45, 7) is -0.780. The van der Waals surface area contributed by atoms with E-state index in [0.717, 1.165) is 0 Å². The minimum atomic E-state index is -1.80. The molecule has 2 aromatic carbocycles. The Morgan fingerprint density at radius 2 is 1.80 bits per heavy atom. The van der Waals surface area contributed by atoms with E-state index in [2.05, 4.69) is 10.3 Å². The molecule has 0 spiro atoms. The molecule has 4 rings (SSSR count). The van der Waals surface area contributed by atoms with Crippen LogP contribution in [-0.4, -0.2) is 101 Å². The molecule has 2 aliphatic rings. The number of aldehydes is 1. The maximum Gasteiger partial charge on any atom is 0.229 e. The number of aryl methyl sites for hydroxylation is 1. The van der Waals surface area contributed by atoms with E-state index in [1.54, 1.807) is 0 Å². The molecule has 41 heavy (non-hydrogen) atoms. The quantitative estimate of drug-likeness (QED) is 0.0881. The number of aromatic hydroxyl groups is 1. The minimum Gasteiger partial charge on any atom is -0.507 e. The van der Waals surface area contributed by atoms with Crippen LogP contribution in [0.3, 0.4) is 0 Å². The largest absolute Gasteiger partial charge is 0.507 e.